The maximum absolute atomic E-state index is 4.50. The molecule has 0 aliphatic heterocycles. The number of benzene rings is 1. The molecule has 3 aromatic rings. The van der Waals surface area contributed by atoms with Crippen LogP contribution in [0.15, 0.2) is 36.7 Å². The van der Waals surface area contributed by atoms with E-state index in [1.807, 2.05) is 25.1 Å². The van der Waals surface area contributed by atoms with Gasteiger partial charge in [0.05, 0.1) is 11.0 Å². The van der Waals surface area contributed by atoms with E-state index in [1.165, 1.54) is 0 Å². The van der Waals surface area contributed by atoms with E-state index in [0.717, 1.165) is 27.6 Å². The molecule has 3 rings (SSSR count). The van der Waals surface area contributed by atoms with E-state index in [4.69, 9.17) is 0 Å². The van der Waals surface area contributed by atoms with E-state index >= 15 is 0 Å². The first-order chi connectivity index (χ1) is 7.34. The van der Waals surface area contributed by atoms with Crippen LogP contribution in [0.3, 0.4) is 0 Å². The third-order valence-corrected chi connectivity index (χ3v) is 2.44. The standard InChI is InChI=1S/C12H9N3/c1-8-2-3-9-4-5-10-12(11(9)15-8)14-7-6-13-10/h2-7H,1H3. The molecule has 0 bridgehead atoms. The maximum Gasteiger partial charge on any atom is 0.115 e. The smallest absolute Gasteiger partial charge is 0.115 e. The Morgan fingerprint density at radius 2 is 1.67 bits per heavy atom. The van der Waals surface area contributed by atoms with Gasteiger partial charge in [0.1, 0.15) is 5.52 Å². The van der Waals surface area contributed by atoms with Crippen LogP contribution in [0.1, 0.15) is 5.69 Å². The van der Waals surface area contributed by atoms with Gasteiger partial charge in [0.25, 0.3) is 0 Å². The van der Waals surface area contributed by atoms with Gasteiger partial charge in [-0.25, -0.2) is 0 Å². The van der Waals surface area contributed by atoms with Crippen molar-refractivity contribution >= 4 is 21.9 Å². The molecule has 1 aromatic carbocycles. The van der Waals surface area contributed by atoms with Crippen LogP contribution < -0.4 is 0 Å². The summed E-state index contributed by atoms with van der Waals surface area (Å²) in [5.74, 6) is 0. The topological polar surface area (TPSA) is 38.7 Å². The zero-order valence-corrected chi connectivity index (χ0v) is 8.31. The van der Waals surface area contributed by atoms with Crippen molar-refractivity contribution in [3.63, 3.8) is 0 Å². The second-order valence-corrected chi connectivity index (χ2v) is 3.51. The molecule has 0 spiro atoms. The summed E-state index contributed by atoms with van der Waals surface area (Å²) in [7, 11) is 0. The molecule has 0 saturated carbocycles. The Morgan fingerprint density at radius 1 is 0.867 bits per heavy atom. The van der Waals surface area contributed by atoms with Crippen LogP contribution in [-0.4, -0.2) is 15.0 Å². The van der Waals surface area contributed by atoms with Crippen molar-refractivity contribution in [2.24, 2.45) is 0 Å². The van der Waals surface area contributed by atoms with E-state index in [-0.39, 0.29) is 0 Å². The lowest BCUT2D eigenvalue weighted by molar-refractivity contribution is 1.24. The first kappa shape index (κ1) is 8.29. The molecule has 0 atom stereocenters. The van der Waals surface area contributed by atoms with Crippen molar-refractivity contribution in [1.29, 1.82) is 0 Å². The zero-order chi connectivity index (χ0) is 10.3. The Kier molecular flexibility index (Phi) is 1.65. The second kappa shape index (κ2) is 2.98. The summed E-state index contributed by atoms with van der Waals surface area (Å²) >= 11 is 0. The minimum atomic E-state index is 0.874. The fraction of sp³-hybridized carbons (Fsp3) is 0.0833. The summed E-state index contributed by atoms with van der Waals surface area (Å²) in [6.45, 7) is 1.98. The number of pyridine rings is 1. The molecular formula is C12H9N3. The average molecular weight is 195 g/mol. The number of aryl methyl sites for hydroxylation is 1. The van der Waals surface area contributed by atoms with Crippen molar-refractivity contribution < 1.29 is 0 Å². The SMILES string of the molecule is Cc1ccc2ccc3nccnc3c2n1. The monoisotopic (exact) mass is 195 g/mol. The van der Waals surface area contributed by atoms with E-state index in [9.17, 15) is 0 Å². The molecule has 0 saturated heterocycles. The van der Waals surface area contributed by atoms with E-state index in [0.29, 0.717) is 0 Å². The third-order valence-electron chi connectivity index (χ3n) is 2.44. The summed E-state index contributed by atoms with van der Waals surface area (Å²) < 4.78 is 0. The normalized spacial score (nSPS) is 11.0. The van der Waals surface area contributed by atoms with Gasteiger partial charge in [-0.05, 0) is 19.1 Å². The summed E-state index contributed by atoms with van der Waals surface area (Å²) in [6, 6.07) is 8.07. The first-order valence-corrected chi connectivity index (χ1v) is 4.82. The van der Waals surface area contributed by atoms with Gasteiger partial charge in [0, 0.05) is 23.5 Å². The van der Waals surface area contributed by atoms with E-state index in [2.05, 4.69) is 21.0 Å². The Balaban J connectivity index is 2.57. The highest BCUT2D eigenvalue weighted by atomic mass is 14.8. The van der Waals surface area contributed by atoms with Crippen LogP contribution in [0.4, 0.5) is 0 Å². The molecule has 0 N–H and O–H groups in total. The molecule has 0 aliphatic rings. The Labute approximate surface area is 86.8 Å². The number of aromatic nitrogens is 3. The Bertz CT molecular complexity index is 646. The third kappa shape index (κ3) is 1.24. The maximum atomic E-state index is 4.50. The summed E-state index contributed by atoms with van der Waals surface area (Å²) in [5, 5.41) is 1.11. The average Bonchev–Trinajstić information content (AvgIpc) is 2.29. The van der Waals surface area contributed by atoms with Gasteiger partial charge in [-0.15, -0.1) is 0 Å². The van der Waals surface area contributed by atoms with Gasteiger partial charge in [-0.1, -0.05) is 12.1 Å². The Hall–Kier alpha value is -2.03. The molecule has 0 aliphatic carbocycles. The predicted molar refractivity (Wildman–Crippen MR) is 59.6 cm³/mol. The summed E-state index contributed by atoms with van der Waals surface area (Å²) in [4.78, 5) is 13.1. The van der Waals surface area contributed by atoms with Crippen LogP contribution in [0, 0.1) is 6.92 Å². The molecule has 3 nitrogen and oxygen atoms in total. The van der Waals surface area contributed by atoms with Gasteiger partial charge in [0.2, 0.25) is 0 Å². The molecule has 3 heteroatoms. The molecule has 0 amide bonds. The number of rotatable bonds is 0. The second-order valence-electron chi connectivity index (χ2n) is 3.51. The molecule has 0 radical (unpaired) electrons. The summed E-state index contributed by atoms with van der Waals surface area (Å²) in [6.07, 6.45) is 3.40. The van der Waals surface area contributed by atoms with Crippen molar-refractivity contribution in [1.82, 2.24) is 15.0 Å². The molecule has 0 unspecified atom stereocenters. The quantitative estimate of drug-likeness (QED) is 0.517. The summed E-state index contributed by atoms with van der Waals surface area (Å²) in [5.41, 5.74) is 3.70. The zero-order valence-electron chi connectivity index (χ0n) is 8.31. The van der Waals surface area contributed by atoms with Crippen molar-refractivity contribution in [3.8, 4) is 0 Å². The highest BCUT2D eigenvalue weighted by molar-refractivity contribution is 6.00. The van der Waals surface area contributed by atoms with Gasteiger partial charge in [-0.3, -0.25) is 15.0 Å². The molecule has 0 fully saturated rings. The highest BCUT2D eigenvalue weighted by Crippen LogP contribution is 2.20. The van der Waals surface area contributed by atoms with E-state index < -0.39 is 0 Å². The number of hydrogen-bond acceptors (Lipinski definition) is 3. The minimum absolute atomic E-state index is 0.874. The first-order valence-electron chi connectivity index (χ1n) is 4.82. The molecule has 2 aromatic heterocycles. The van der Waals surface area contributed by atoms with Crippen molar-refractivity contribution in [2.75, 3.05) is 0 Å². The number of nitrogens with zero attached hydrogens (tertiary/aromatic N) is 3. The lowest BCUT2D eigenvalue weighted by Crippen LogP contribution is -1.88. The highest BCUT2D eigenvalue weighted by Gasteiger charge is 2.02. The van der Waals surface area contributed by atoms with Crippen LogP contribution in [0.5, 0.6) is 0 Å². The molecule has 72 valence electrons. The van der Waals surface area contributed by atoms with Crippen LogP contribution in [-0.2, 0) is 0 Å². The van der Waals surface area contributed by atoms with Crippen molar-refractivity contribution in [2.45, 2.75) is 6.92 Å². The Morgan fingerprint density at radius 3 is 2.60 bits per heavy atom. The van der Waals surface area contributed by atoms with Gasteiger partial charge >= 0.3 is 0 Å². The minimum Gasteiger partial charge on any atom is -0.253 e. The number of hydrogen-bond donors (Lipinski definition) is 0. The van der Waals surface area contributed by atoms with Crippen LogP contribution in [0.2, 0.25) is 0 Å². The van der Waals surface area contributed by atoms with Crippen LogP contribution in [0.25, 0.3) is 21.9 Å². The lowest BCUT2D eigenvalue weighted by atomic mass is 10.1. The fourth-order valence-electron chi connectivity index (χ4n) is 1.71. The van der Waals surface area contributed by atoms with Gasteiger partial charge in [0.15, 0.2) is 0 Å². The van der Waals surface area contributed by atoms with Gasteiger partial charge in [-0.2, -0.15) is 0 Å². The van der Waals surface area contributed by atoms with E-state index in [1.54, 1.807) is 12.4 Å². The molecule has 2 heterocycles. The fourth-order valence-corrected chi connectivity index (χ4v) is 1.71. The largest absolute Gasteiger partial charge is 0.253 e. The van der Waals surface area contributed by atoms with Gasteiger partial charge < -0.3 is 0 Å². The number of fused-ring (bicyclic) bond motifs is 3. The van der Waals surface area contributed by atoms with Crippen LogP contribution >= 0.6 is 0 Å². The van der Waals surface area contributed by atoms with Crippen molar-refractivity contribution in [3.05, 3.63) is 42.4 Å². The lowest BCUT2D eigenvalue weighted by Gasteiger charge is -2.01. The molecule has 15 heavy (non-hydrogen) atoms. The predicted octanol–water partition coefficient (Wildman–Crippen LogP) is 2.49. The molecular weight excluding hydrogens is 186 g/mol.